The molecule has 2 atom stereocenters. The van der Waals surface area contributed by atoms with Crippen LogP contribution < -0.4 is 0 Å². The number of rotatable bonds is 9. The fourth-order valence-corrected chi connectivity index (χ4v) is 1.16. The molecule has 0 aliphatic heterocycles. The van der Waals surface area contributed by atoms with E-state index < -0.39 is 49.3 Å². The number of esters is 4. The molecule has 0 bridgehead atoms. The van der Waals surface area contributed by atoms with Crippen molar-refractivity contribution in [2.45, 2.75) is 18.8 Å². The molecule has 0 radical (unpaired) electrons. The van der Waals surface area contributed by atoms with Crippen LogP contribution in [0.1, 0.15) is 6.42 Å². The quantitative estimate of drug-likeness (QED) is 0.290. The van der Waals surface area contributed by atoms with Crippen molar-refractivity contribution in [2.75, 3.05) is 35.0 Å². The zero-order valence-corrected chi connectivity index (χ0v) is 12.7. The van der Waals surface area contributed by atoms with Gasteiger partial charge in [-0.1, -0.05) is 0 Å². The molecule has 0 N–H and O–H groups in total. The lowest BCUT2D eigenvalue weighted by atomic mass is 10.2. The van der Waals surface area contributed by atoms with E-state index in [0.717, 1.165) is 28.4 Å². The Morgan fingerprint density at radius 2 is 1.32 bits per heavy atom. The third-order valence-corrected chi connectivity index (χ3v) is 2.31. The maximum Gasteiger partial charge on any atom is 0.363 e. The number of methoxy groups -OCH3 is 4. The van der Waals surface area contributed by atoms with Gasteiger partial charge in [-0.05, 0) is 0 Å². The molecular formula is C12H18O10. The first-order valence-corrected chi connectivity index (χ1v) is 5.95. The summed E-state index contributed by atoms with van der Waals surface area (Å²) < 4.78 is 27.5. The zero-order valence-electron chi connectivity index (χ0n) is 12.7. The zero-order chi connectivity index (χ0) is 17.1. The second-order valence-corrected chi connectivity index (χ2v) is 3.67. The Hall–Kier alpha value is -2.20. The van der Waals surface area contributed by atoms with E-state index in [1.165, 1.54) is 0 Å². The molecule has 0 fully saturated rings. The van der Waals surface area contributed by atoms with E-state index in [0.29, 0.717) is 0 Å². The Kier molecular flexibility index (Phi) is 9.46. The summed E-state index contributed by atoms with van der Waals surface area (Å²) in [6.45, 7) is -0.623. The maximum atomic E-state index is 11.5. The van der Waals surface area contributed by atoms with Gasteiger partial charge in [0.15, 0.2) is 6.10 Å². The van der Waals surface area contributed by atoms with Gasteiger partial charge in [0.1, 0.15) is 6.61 Å². The van der Waals surface area contributed by atoms with E-state index in [1.807, 2.05) is 0 Å². The molecule has 0 aromatic rings. The summed E-state index contributed by atoms with van der Waals surface area (Å²) >= 11 is 0. The summed E-state index contributed by atoms with van der Waals surface area (Å²) in [6.07, 6.45) is -3.71. The monoisotopic (exact) mass is 322 g/mol. The summed E-state index contributed by atoms with van der Waals surface area (Å²) in [6, 6.07) is 0. The minimum atomic E-state index is -1.72. The lowest BCUT2D eigenvalue weighted by Crippen LogP contribution is -2.39. The number of carbonyl (C=O) groups is 4. The second kappa shape index (κ2) is 10.5. The van der Waals surface area contributed by atoms with Crippen molar-refractivity contribution in [1.29, 1.82) is 0 Å². The van der Waals surface area contributed by atoms with Crippen LogP contribution >= 0.6 is 0 Å². The normalized spacial score (nSPS) is 12.7. The highest BCUT2D eigenvalue weighted by Gasteiger charge is 2.32. The van der Waals surface area contributed by atoms with Gasteiger partial charge in [0.25, 0.3) is 6.29 Å². The summed E-state index contributed by atoms with van der Waals surface area (Å²) in [5, 5.41) is 0. The van der Waals surface area contributed by atoms with E-state index in [-0.39, 0.29) is 0 Å². The summed E-state index contributed by atoms with van der Waals surface area (Å²) in [4.78, 5) is 45.3. The molecule has 0 heterocycles. The molecular weight excluding hydrogens is 304 g/mol. The molecule has 126 valence electrons. The van der Waals surface area contributed by atoms with Crippen molar-refractivity contribution in [3.8, 4) is 0 Å². The van der Waals surface area contributed by atoms with Crippen molar-refractivity contribution < 1.29 is 47.6 Å². The Morgan fingerprint density at radius 3 is 1.77 bits per heavy atom. The predicted molar refractivity (Wildman–Crippen MR) is 67.3 cm³/mol. The average Bonchev–Trinajstić information content (AvgIpc) is 2.55. The fourth-order valence-electron chi connectivity index (χ4n) is 1.16. The standard InChI is InChI=1S/C12H18O10/c1-17-8(13)5-7(10(15)19-3)22-12(11(16)20-4)21-6-9(14)18-2/h7,12H,5-6H2,1-4H3. The van der Waals surface area contributed by atoms with Gasteiger partial charge < -0.3 is 28.4 Å². The van der Waals surface area contributed by atoms with Gasteiger partial charge in [-0.25, -0.2) is 14.4 Å². The van der Waals surface area contributed by atoms with E-state index in [2.05, 4.69) is 18.9 Å². The largest absolute Gasteiger partial charge is 0.469 e. The second-order valence-electron chi connectivity index (χ2n) is 3.67. The van der Waals surface area contributed by atoms with E-state index in [9.17, 15) is 19.2 Å². The highest BCUT2D eigenvalue weighted by atomic mass is 16.7. The number of hydrogen-bond donors (Lipinski definition) is 0. The van der Waals surface area contributed by atoms with Crippen molar-refractivity contribution in [2.24, 2.45) is 0 Å². The highest BCUT2D eigenvalue weighted by Crippen LogP contribution is 2.09. The van der Waals surface area contributed by atoms with Gasteiger partial charge >= 0.3 is 23.9 Å². The Balaban J connectivity index is 4.93. The van der Waals surface area contributed by atoms with Crippen LogP contribution in [0.4, 0.5) is 0 Å². The Morgan fingerprint density at radius 1 is 0.773 bits per heavy atom. The Labute approximate surface area is 126 Å². The molecule has 0 aromatic heterocycles. The summed E-state index contributed by atoms with van der Waals surface area (Å²) in [5.41, 5.74) is 0. The smallest absolute Gasteiger partial charge is 0.363 e. The van der Waals surface area contributed by atoms with Gasteiger partial charge in [0, 0.05) is 0 Å². The fraction of sp³-hybridized carbons (Fsp3) is 0.667. The summed E-state index contributed by atoms with van der Waals surface area (Å²) in [5.74, 6) is -3.49. The third kappa shape index (κ3) is 6.99. The molecule has 0 aliphatic carbocycles. The number of ether oxygens (including phenoxy) is 6. The molecule has 2 unspecified atom stereocenters. The number of carbonyl (C=O) groups excluding carboxylic acids is 4. The Bertz CT molecular complexity index is 405. The van der Waals surface area contributed by atoms with E-state index >= 15 is 0 Å². The molecule has 0 saturated heterocycles. The van der Waals surface area contributed by atoms with E-state index in [1.54, 1.807) is 0 Å². The highest BCUT2D eigenvalue weighted by molar-refractivity contribution is 5.82. The first-order chi connectivity index (χ1) is 10.4. The van der Waals surface area contributed by atoms with E-state index in [4.69, 9.17) is 9.47 Å². The minimum absolute atomic E-state index is 0.516. The maximum absolute atomic E-state index is 11.5. The van der Waals surface area contributed by atoms with Crippen molar-refractivity contribution in [3.63, 3.8) is 0 Å². The van der Waals surface area contributed by atoms with Crippen molar-refractivity contribution >= 4 is 23.9 Å². The minimum Gasteiger partial charge on any atom is -0.469 e. The van der Waals surface area contributed by atoms with Gasteiger partial charge in [0.05, 0.1) is 34.9 Å². The van der Waals surface area contributed by atoms with Gasteiger partial charge in [-0.2, -0.15) is 0 Å². The first-order valence-electron chi connectivity index (χ1n) is 5.95. The van der Waals surface area contributed by atoms with Crippen LogP contribution in [0.15, 0.2) is 0 Å². The molecule has 0 spiro atoms. The SMILES string of the molecule is COC(=O)COC(OC(CC(=O)OC)C(=O)OC)C(=O)OC. The lowest BCUT2D eigenvalue weighted by molar-refractivity contribution is -0.213. The van der Waals surface area contributed by atoms with Crippen LogP contribution in [-0.2, 0) is 47.6 Å². The topological polar surface area (TPSA) is 124 Å². The third-order valence-electron chi connectivity index (χ3n) is 2.31. The molecule has 10 heteroatoms. The average molecular weight is 322 g/mol. The predicted octanol–water partition coefficient (Wildman–Crippen LogP) is -1.20. The molecule has 0 rings (SSSR count). The van der Waals surface area contributed by atoms with Crippen molar-refractivity contribution in [1.82, 2.24) is 0 Å². The van der Waals surface area contributed by atoms with Gasteiger partial charge in [-0.15, -0.1) is 0 Å². The van der Waals surface area contributed by atoms with Gasteiger partial charge in [-0.3, -0.25) is 4.79 Å². The van der Waals surface area contributed by atoms with Gasteiger partial charge in [0.2, 0.25) is 0 Å². The van der Waals surface area contributed by atoms with Crippen LogP contribution in [-0.4, -0.2) is 71.3 Å². The van der Waals surface area contributed by atoms with Crippen LogP contribution in [0, 0.1) is 0 Å². The van der Waals surface area contributed by atoms with Crippen LogP contribution in [0.5, 0.6) is 0 Å². The summed E-state index contributed by atoms with van der Waals surface area (Å²) in [7, 11) is 4.35. The molecule has 0 aromatic carbocycles. The molecule has 0 saturated carbocycles. The first kappa shape index (κ1) is 19.8. The molecule has 22 heavy (non-hydrogen) atoms. The molecule has 0 amide bonds. The number of hydrogen-bond acceptors (Lipinski definition) is 10. The van der Waals surface area contributed by atoms with Crippen LogP contribution in [0.25, 0.3) is 0 Å². The lowest BCUT2D eigenvalue weighted by Gasteiger charge is -2.20. The molecule has 10 nitrogen and oxygen atoms in total. The van der Waals surface area contributed by atoms with Crippen LogP contribution in [0.3, 0.4) is 0 Å². The molecule has 0 aliphatic rings. The van der Waals surface area contributed by atoms with Crippen LogP contribution in [0.2, 0.25) is 0 Å². The van der Waals surface area contributed by atoms with Crippen molar-refractivity contribution in [3.05, 3.63) is 0 Å².